The maximum atomic E-state index is 13.6. The average Bonchev–Trinajstić information content (AvgIpc) is 2.85. The lowest BCUT2D eigenvalue weighted by molar-refractivity contribution is -0.150. The maximum Gasteiger partial charge on any atom is 0.416 e. The molecule has 6 nitrogen and oxygen atoms in total. The molecule has 0 aromatic heterocycles. The molecule has 0 saturated carbocycles. The molecule has 0 aliphatic heterocycles. The Balaban J connectivity index is 2.38. The largest absolute Gasteiger partial charge is 0.416 e. The summed E-state index contributed by atoms with van der Waals surface area (Å²) in [6.07, 6.45) is -20.4. The molecule has 0 spiro atoms. The number of aliphatic hydroxyl groups is 6. The maximum absolute atomic E-state index is 13.6. The molecule has 2 aromatic rings. The Morgan fingerprint density at radius 3 is 1.50 bits per heavy atom. The van der Waals surface area contributed by atoms with Crippen LogP contribution >= 0.6 is 0 Å². The molecule has 0 aliphatic carbocycles. The Morgan fingerprint density at radius 1 is 0.632 bits per heavy atom. The van der Waals surface area contributed by atoms with E-state index in [2.05, 4.69) is 0 Å². The van der Waals surface area contributed by atoms with E-state index in [1.807, 2.05) is 0 Å². The molecule has 0 aliphatic rings. The molecule has 0 bridgehead atoms. The van der Waals surface area contributed by atoms with Gasteiger partial charge in [0.25, 0.3) is 0 Å². The second-order valence-corrected chi connectivity index (χ2v) is 9.53. The van der Waals surface area contributed by atoms with Crippen molar-refractivity contribution < 1.29 is 57.0 Å². The molecule has 0 amide bonds. The minimum atomic E-state index is -4.75. The third-order valence-electron chi connectivity index (χ3n) is 6.52. The van der Waals surface area contributed by atoms with Gasteiger partial charge in [-0.15, -0.1) is 0 Å². The number of hydrogen-bond donors (Lipinski definition) is 6. The predicted molar refractivity (Wildman–Crippen MR) is 125 cm³/mol. The molecule has 0 heterocycles. The summed E-state index contributed by atoms with van der Waals surface area (Å²) in [7, 11) is 0. The lowest BCUT2D eigenvalue weighted by atomic mass is 9.79. The van der Waals surface area contributed by atoms with Crippen molar-refractivity contribution in [2.24, 2.45) is 11.8 Å². The number of benzene rings is 2. The zero-order valence-corrected chi connectivity index (χ0v) is 20.4. The highest BCUT2D eigenvalue weighted by molar-refractivity contribution is 5.31. The third-order valence-corrected chi connectivity index (χ3v) is 6.52. The molecule has 7 atom stereocenters. The van der Waals surface area contributed by atoms with Crippen molar-refractivity contribution in [1.29, 1.82) is 0 Å². The second kappa shape index (κ2) is 13.2. The van der Waals surface area contributed by atoms with E-state index in [1.54, 1.807) is 0 Å². The highest BCUT2D eigenvalue weighted by Crippen LogP contribution is 2.36. The molecule has 214 valence electrons. The van der Waals surface area contributed by atoms with Gasteiger partial charge >= 0.3 is 12.4 Å². The fraction of sp³-hybridized carbons (Fsp3) is 0.538. The lowest BCUT2D eigenvalue weighted by Gasteiger charge is -2.34. The topological polar surface area (TPSA) is 121 Å². The molecule has 12 heteroatoms. The van der Waals surface area contributed by atoms with Gasteiger partial charge in [0.1, 0.15) is 24.4 Å². The molecule has 0 saturated heterocycles. The summed E-state index contributed by atoms with van der Waals surface area (Å²) in [6, 6.07) is 9.31. The van der Waals surface area contributed by atoms with Gasteiger partial charge in [0, 0.05) is 0 Å². The molecule has 0 fully saturated rings. The summed E-state index contributed by atoms with van der Waals surface area (Å²) in [5.41, 5.74) is -2.18. The zero-order valence-electron chi connectivity index (χ0n) is 20.4. The van der Waals surface area contributed by atoms with Crippen molar-refractivity contribution >= 4 is 0 Å². The normalized spacial score (nSPS) is 18.3. The van der Waals surface area contributed by atoms with Crippen LogP contribution in [0.2, 0.25) is 0 Å². The first-order chi connectivity index (χ1) is 17.6. The quantitative estimate of drug-likeness (QED) is 0.225. The van der Waals surface area contributed by atoms with Crippen molar-refractivity contribution in [3.8, 4) is 0 Å². The van der Waals surface area contributed by atoms with E-state index in [0.717, 1.165) is 12.1 Å². The molecular formula is C26H32F6O6. The van der Waals surface area contributed by atoms with Crippen LogP contribution < -0.4 is 0 Å². The van der Waals surface area contributed by atoms with Crippen LogP contribution in [0.15, 0.2) is 48.5 Å². The number of alkyl halides is 6. The Labute approximate surface area is 215 Å². The van der Waals surface area contributed by atoms with E-state index in [9.17, 15) is 51.9 Å². The monoisotopic (exact) mass is 554 g/mol. The number of aliphatic hydroxyl groups excluding tert-OH is 6. The van der Waals surface area contributed by atoms with Gasteiger partial charge < -0.3 is 30.6 Å². The summed E-state index contributed by atoms with van der Waals surface area (Å²) < 4.78 is 81.0. The highest BCUT2D eigenvalue weighted by Gasteiger charge is 2.40. The Kier molecular flexibility index (Phi) is 11.1. The van der Waals surface area contributed by atoms with Crippen molar-refractivity contribution in [3.63, 3.8) is 0 Å². The van der Waals surface area contributed by atoms with Crippen LogP contribution in [0.25, 0.3) is 0 Å². The van der Waals surface area contributed by atoms with Crippen LogP contribution in [0.4, 0.5) is 26.3 Å². The Hall–Kier alpha value is -2.22. The standard InChI is InChI=1S/C26H32F6O6/c1-14(10-15-6-2-4-8-18(15)25(27,28)29)11-17(12-16-7-3-5-9-19(16)26(30,31)32)21(35)23(37)24(38)22(36)20(34)13-33/h2-9,14,17,20-24,33-38H,10-13H2,1H3/t14?,17?,20-,21?,22+,23+,24-/m0/s1. The van der Waals surface area contributed by atoms with Crippen molar-refractivity contribution in [1.82, 2.24) is 0 Å². The molecule has 0 radical (unpaired) electrons. The molecule has 2 aromatic carbocycles. The van der Waals surface area contributed by atoms with Crippen molar-refractivity contribution in [2.75, 3.05) is 6.61 Å². The molecule has 6 N–H and O–H groups in total. The first-order valence-electron chi connectivity index (χ1n) is 11.9. The van der Waals surface area contributed by atoms with Crippen LogP contribution in [0, 0.1) is 11.8 Å². The van der Waals surface area contributed by atoms with E-state index >= 15 is 0 Å². The predicted octanol–water partition coefficient (Wildman–Crippen LogP) is 2.95. The van der Waals surface area contributed by atoms with Gasteiger partial charge in [-0.05, 0) is 54.4 Å². The average molecular weight is 555 g/mol. The van der Waals surface area contributed by atoms with Gasteiger partial charge in [-0.2, -0.15) is 26.3 Å². The van der Waals surface area contributed by atoms with E-state index in [1.165, 1.54) is 43.3 Å². The number of hydrogen-bond acceptors (Lipinski definition) is 6. The minimum absolute atomic E-state index is 0.0569. The van der Waals surface area contributed by atoms with Crippen LogP contribution in [0.5, 0.6) is 0 Å². The van der Waals surface area contributed by atoms with Gasteiger partial charge in [0.15, 0.2) is 0 Å². The van der Waals surface area contributed by atoms with Gasteiger partial charge in [-0.3, -0.25) is 0 Å². The summed E-state index contributed by atoms with van der Waals surface area (Å²) >= 11 is 0. The molecule has 3 unspecified atom stereocenters. The number of rotatable bonds is 12. The highest BCUT2D eigenvalue weighted by atomic mass is 19.4. The van der Waals surface area contributed by atoms with E-state index < -0.39 is 78.9 Å². The summed E-state index contributed by atoms with van der Waals surface area (Å²) in [5, 5.41) is 60.1. The van der Waals surface area contributed by atoms with E-state index in [0.29, 0.717) is 0 Å². The summed E-state index contributed by atoms with van der Waals surface area (Å²) in [6.45, 7) is 0.550. The lowest BCUT2D eigenvalue weighted by Crippen LogP contribution is -2.52. The van der Waals surface area contributed by atoms with Gasteiger partial charge in [-0.25, -0.2) is 0 Å². The van der Waals surface area contributed by atoms with Crippen LogP contribution in [0.3, 0.4) is 0 Å². The molecular weight excluding hydrogens is 522 g/mol. The van der Waals surface area contributed by atoms with Gasteiger partial charge in [0.05, 0.1) is 23.8 Å². The van der Waals surface area contributed by atoms with Crippen LogP contribution in [-0.4, -0.2) is 67.8 Å². The van der Waals surface area contributed by atoms with E-state index in [-0.39, 0.29) is 24.0 Å². The molecule has 2 rings (SSSR count). The first kappa shape index (κ1) is 32.0. The van der Waals surface area contributed by atoms with Gasteiger partial charge in [-0.1, -0.05) is 43.3 Å². The fourth-order valence-electron chi connectivity index (χ4n) is 4.57. The smallest absolute Gasteiger partial charge is 0.394 e. The Bertz CT molecular complexity index is 1010. The first-order valence-corrected chi connectivity index (χ1v) is 11.9. The summed E-state index contributed by atoms with van der Waals surface area (Å²) in [4.78, 5) is 0. The third kappa shape index (κ3) is 8.39. The zero-order chi connectivity index (χ0) is 28.8. The fourth-order valence-corrected chi connectivity index (χ4v) is 4.57. The van der Waals surface area contributed by atoms with Crippen LogP contribution in [-0.2, 0) is 25.2 Å². The SMILES string of the molecule is CC(Cc1ccccc1C(F)(F)F)CC(Cc1ccccc1C(F)(F)F)C(O)[C@@H](O)[C@@H](O)[C@H](O)[C@@H](O)CO. The second-order valence-electron chi connectivity index (χ2n) is 9.53. The molecule has 38 heavy (non-hydrogen) atoms. The van der Waals surface area contributed by atoms with Crippen molar-refractivity contribution in [3.05, 3.63) is 70.8 Å². The van der Waals surface area contributed by atoms with E-state index in [4.69, 9.17) is 5.11 Å². The Morgan fingerprint density at radius 2 is 1.05 bits per heavy atom. The summed E-state index contributed by atoms with van der Waals surface area (Å²) in [5.74, 6) is -1.84. The van der Waals surface area contributed by atoms with Gasteiger partial charge in [0.2, 0.25) is 0 Å². The number of halogens is 6. The van der Waals surface area contributed by atoms with Crippen LogP contribution in [0.1, 0.15) is 35.6 Å². The minimum Gasteiger partial charge on any atom is -0.394 e. The van der Waals surface area contributed by atoms with Crippen molar-refractivity contribution in [2.45, 2.75) is 69.1 Å².